The van der Waals surface area contributed by atoms with Crippen LogP contribution in [-0.4, -0.2) is 66.1 Å². The highest BCUT2D eigenvalue weighted by atomic mass is 35.5. The van der Waals surface area contributed by atoms with Gasteiger partial charge in [-0.15, -0.1) is 0 Å². The molecule has 0 spiro atoms. The molecule has 0 amide bonds. The van der Waals surface area contributed by atoms with Gasteiger partial charge >= 0.3 is 6.01 Å². The molecule has 2 aromatic carbocycles. The molecule has 1 N–H and O–H groups in total. The molecule has 174 valence electrons. The molecule has 3 aromatic rings. The van der Waals surface area contributed by atoms with E-state index in [1.165, 1.54) is 12.1 Å². The van der Waals surface area contributed by atoms with Gasteiger partial charge in [-0.3, -0.25) is 4.90 Å². The van der Waals surface area contributed by atoms with Crippen molar-refractivity contribution in [2.24, 2.45) is 0 Å². The predicted octanol–water partition coefficient (Wildman–Crippen LogP) is 4.22. The zero-order valence-electron chi connectivity index (χ0n) is 18.5. The minimum absolute atomic E-state index is 0.227. The highest BCUT2D eigenvalue weighted by molar-refractivity contribution is 6.32. The van der Waals surface area contributed by atoms with Crippen molar-refractivity contribution in [1.82, 2.24) is 19.8 Å². The summed E-state index contributed by atoms with van der Waals surface area (Å²) in [6.07, 6.45) is 1.65. The van der Waals surface area contributed by atoms with E-state index in [1.807, 2.05) is 6.07 Å². The molecule has 0 radical (unpaired) electrons. The summed E-state index contributed by atoms with van der Waals surface area (Å²) in [5.74, 6) is 0.820. The van der Waals surface area contributed by atoms with E-state index < -0.39 is 0 Å². The van der Waals surface area contributed by atoms with Crippen LogP contribution in [0.4, 0.5) is 15.9 Å². The number of hydrogen-bond donors (Lipinski definition) is 1. The first-order valence-corrected chi connectivity index (χ1v) is 11.2. The molecular formula is C24H27ClFN5O2. The average Bonchev–Trinajstić information content (AvgIpc) is 2.80. The van der Waals surface area contributed by atoms with E-state index in [-0.39, 0.29) is 12.4 Å². The number of ether oxygens (including phenoxy) is 2. The topological polar surface area (TPSA) is 62.8 Å². The summed E-state index contributed by atoms with van der Waals surface area (Å²) >= 11 is 6.37. The number of likely N-dealkylation sites (N-methyl/N-ethyl adjacent to an activating group) is 1. The molecule has 0 saturated carbocycles. The fraction of sp³-hybridized carbons (Fsp3) is 0.333. The van der Waals surface area contributed by atoms with Gasteiger partial charge in [0.05, 0.1) is 5.02 Å². The van der Waals surface area contributed by atoms with E-state index in [4.69, 9.17) is 21.1 Å². The Bertz CT molecular complexity index is 1060. The molecule has 33 heavy (non-hydrogen) atoms. The maximum atomic E-state index is 13.3. The van der Waals surface area contributed by atoms with Gasteiger partial charge in [-0.05, 0) is 49.0 Å². The lowest BCUT2D eigenvalue weighted by Crippen LogP contribution is -2.45. The summed E-state index contributed by atoms with van der Waals surface area (Å²) in [5.41, 5.74) is 1.48. The highest BCUT2D eigenvalue weighted by Crippen LogP contribution is 2.29. The zero-order chi connectivity index (χ0) is 23.0. The molecule has 0 aliphatic carbocycles. The second kappa shape index (κ2) is 11.3. The van der Waals surface area contributed by atoms with Crippen LogP contribution in [0.5, 0.6) is 11.8 Å². The third-order valence-corrected chi connectivity index (χ3v) is 5.65. The summed E-state index contributed by atoms with van der Waals surface area (Å²) < 4.78 is 24.8. The first-order chi connectivity index (χ1) is 16.0. The van der Waals surface area contributed by atoms with E-state index in [9.17, 15) is 4.39 Å². The summed E-state index contributed by atoms with van der Waals surface area (Å²) in [6, 6.07) is 13.7. The third-order valence-electron chi connectivity index (χ3n) is 5.36. The Morgan fingerprint density at radius 2 is 1.91 bits per heavy atom. The van der Waals surface area contributed by atoms with Crippen LogP contribution in [0.15, 0.2) is 54.7 Å². The Morgan fingerprint density at radius 3 is 2.70 bits per heavy atom. The summed E-state index contributed by atoms with van der Waals surface area (Å²) in [5, 5.41) is 3.64. The fourth-order valence-corrected chi connectivity index (χ4v) is 3.68. The van der Waals surface area contributed by atoms with E-state index in [0.717, 1.165) is 44.0 Å². The van der Waals surface area contributed by atoms with Crippen LogP contribution in [0.3, 0.4) is 0 Å². The number of hydrogen-bond acceptors (Lipinski definition) is 7. The Balaban J connectivity index is 1.29. The maximum Gasteiger partial charge on any atom is 0.318 e. The number of nitrogens with zero attached hydrogens (tertiary/aromatic N) is 4. The lowest BCUT2D eigenvalue weighted by atomic mass is 10.2. The van der Waals surface area contributed by atoms with Crippen molar-refractivity contribution >= 4 is 23.1 Å². The number of rotatable bonds is 9. The molecule has 0 atom stereocenters. The maximum absolute atomic E-state index is 13.3. The van der Waals surface area contributed by atoms with Crippen LogP contribution in [0.25, 0.3) is 0 Å². The average molecular weight is 472 g/mol. The van der Waals surface area contributed by atoms with Gasteiger partial charge in [-0.1, -0.05) is 23.7 Å². The largest absolute Gasteiger partial charge is 0.487 e. The number of aromatic nitrogens is 2. The van der Waals surface area contributed by atoms with Crippen molar-refractivity contribution in [1.29, 1.82) is 0 Å². The molecule has 1 saturated heterocycles. The molecule has 1 fully saturated rings. The van der Waals surface area contributed by atoms with Crippen molar-refractivity contribution in [3.8, 4) is 11.8 Å². The Kier molecular flexibility index (Phi) is 7.93. The van der Waals surface area contributed by atoms with E-state index in [0.29, 0.717) is 29.2 Å². The molecule has 1 aliphatic rings. The number of halogens is 2. The van der Waals surface area contributed by atoms with Gasteiger partial charge in [0, 0.05) is 44.6 Å². The first-order valence-electron chi connectivity index (χ1n) is 10.9. The predicted molar refractivity (Wildman–Crippen MR) is 127 cm³/mol. The van der Waals surface area contributed by atoms with Gasteiger partial charge in [0.15, 0.2) is 0 Å². The lowest BCUT2D eigenvalue weighted by molar-refractivity contribution is 0.131. The van der Waals surface area contributed by atoms with Gasteiger partial charge in [0.25, 0.3) is 0 Å². The summed E-state index contributed by atoms with van der Waals surface area (Å²) in [6.45, 7) is 5.86. The first kappa shape index (κ1) is 23.2. The van der Waals surface area contributed by atoms with Crippen molar-refractivity contribution < 1.29 is 13.9 Å². The van der Waals surface area contributed by atoms with Gasteiger partial charge in [0.1, 0.15) is 30.6 Å². The molecule has 0 unspecified atom stereocenters. The standard InChI is InChI=1S/C24H27ClFN5O2/c1-30-9-11-31(12-10-30)13-14-32-24-27-8-7-23(29-24)28-20-5-6-22(21(25)16-20)33-17-18-3-2-4-19(26)15-18/h2-8,15-16H,9-14,17H2,1H3,(H,27,28,29). The monoisotopic (exact) mass is 471 g/mol. The smallest absolute Gasteiger partial charge is 0.318 e. The van der Waals surface area contributed by atoms with Crippen molar-refractivity contribution in [3.63, 3.8) is 0 Å². The minimum atomic E-state index is -0.297. The van der Waals surface area contributed by atoms with Gasteiger partial charge in [-0.2, -0.15) is 4.98 Å². The minimum Gasteiger partial charge on any atom is -0.487 e. The van der Waals surface area contributed by atoms with E-state index in [2.05, 4.69) is 32.1 Å². The van der Waals surface area contributed by atoms with Crippen LogP contribution in [0.1, 0.15) is 5.56 Å². The van der Waals surface area contributed by atoms with Gasteiger partial charge in [0.2, 0.25) is 0 Å². The number of piperazine rings is 1. The molecule has 0 bridgehead atoms. The Labute approximate surface area is 198 Å². The highest BCUT2D eigenvalue weighted by Gasteiger charge is 2.13. The Morgan fingerprint density at radius 1 is 1.06 bits per heavy atom. The number of benzene rings is 2. The summed E-state index contributed by atoms with van der Waals surface area (Å²) in [7, 11) is 2.14. The lowest BCUT2D eigenvalue weighted by Gasteiger charge is -2.31. The van der Waals surface area contributed by atoms with E-state index in [1.54, 1.807) is 36.5 Å². The zero-order valence-corrected chi connectivity index (χ0v) is 19.3. The SMILES string of the molecule is CN1CCN(CCOc2nccc(Nc3ccc(OCc4cccc(F)c4)c(Cl)c3)n2)CC1. The Hall–Kier alpha value is -2.94. The molecule has 1 aliphatic heterocycles. The molecule has 7 nitrogen and oxygen atoms in total. The van der Waals surface area contributed by atoms with E-state index >= 15 is 0 Å². The van der Waals surface area contributed by atoms with Crippen LogP contribution in [0, 0.1) is 5.82 Å². The van der Waals surface area contributed by atoms with Crippen LogP contribution >= 0.6 is 11.6 Å². The molecular weight excluding hydrogens is 445 g/mol. The van der Waals surface area contributed by atoms with Gasteiger partial charge < -0.3 is 19.7 Å². The second-order valence-electron chi connectivity index (χ2n) is 7.91. The molecule has 4 rings (SSSR count). The summed E-state index contributed by atoms with van der Waals surface area (Å²) in [4.78, 5) is 13.3. The van der Waals surface area contributed by atoms with Crippen molar-refractivity contribution in [2.75, 3.05) is 51.7 Å². The molecule has 1 aromatic heterocycles. The fourth-order valence-electron chi connectivity index (χ4n) is 3.45. The third kappa shape index (κ3) is 7.02. The normalized spacial score (nSPS) is 14.8. The van der Waals surface area contributed by atoms with Crippen LogP contribution in [0.2, 0.25) is 5.02 Å². The van der Waals surface area contributed by atoms with Gasteiger partial charge in [-0.25, -0.2) is 9.37 Å². The molecule has 2 heterocycles. The van der Waals surface area contributed by atoms with Crippen LogP contribution in [-0.2, 0) is 6.61 Å². The van der Waals surface area contributed by atoms with Crippen molar-refractivity contribution in [2.45, 2.75) is 6.61 Å². The quantitative estimate of drug-likeness (QED) is 0.501. The van der Waals surface area contributed by atoms with Crippen LogP contribution < -0.4 is 14.8 Å². The number of anilines is 2. The number of nitrogens with one attached hydrogen (secondary N) is 1. The second-order valence-corrected chi connectivity index (χ2v) is 8.31. The molecule has 9 heteroatoms. The van der Waals surface area contributed by atoms with Crippen molar-refractivity contribution in [3.05, 3.63) is 71.1 Å².